The molecule has 88 heavy (non-hydrogen) atoms. The third-order valence-electron chi connectivity index (χ3n) is 19.2. The second-order valence-corrected chi connectivity index (χ2v) is 24.8. The van der Waals surface area contributed by atoms with Gasteiger partial charge in [-0.3, -0.25) is 19.2 Å². The summed E-state index contributed by atoms with van der Waals surface area (Å²) < 4.78 is 0. The third kappa shape index (κ3) is 13.0. The molecule has 0 radical (unpaired) electrons. The van der Waals surface area contributed by atoms with E-state index in [0.29, 0.717) is 63.2 Å². The number of hydrogen-bond acceptors (Lipinski definition) is 16. The second-order valence-electron chi connectivity index (χ2n) is 24.8. The first-order valence-corrected chi connectivity index (χ1v) is 32.3. The first-order valence-electron chi connectivity index (χ1n) is 32.3. The quantitative estimate of drug-likeness (QED) is 0.132. The minimum Gasteiger partial charge on any atom is -0.368 e. The Hall–Kier alpha value is -8.26. The second kappa shape index (κ2) is 28.3. The molecular weight excluding hydrogens is 1100 g/mol. The van der Waals surface area contributed by atoms with Crippen molar-refractivity contribution in [3.63, 3.8) is 0 Å². The number of anilines is 6. The maximum atomic E-state index is 13.2. The molecule has 0 N–H and O–H groups in total. The molecule has 20 nitrogen and oxygen atoms in total. The van der Waals surface area contributed by atoms with Crippen molar-refractivity contribution < 1.29 is 19.2 Å². The SMILES string of the molecule is C=CC(=O)N1CCN(c2nc(N3CCC[C@@H]3C(=O)N(C)C)nc3c2CC[C@H](N2CCCc4ccccc42)C3)C[C@@H]1CC#N.C=CC(=O)N1CCN(c2nc(N3CCC[C@H]3C(=O)N(C)C)nc3c2CC[C@H](N2CCCc4ccccc42)C3)C[C@@H]1CC#N.CC. The van der Waals surface area contributed by atoms with E-state index in [4.69, 9.17) is 19.9 Å². The number of fused-ring (bicyclic) bond motifs is 4. The Morgan fingerprint density at radius 1 is 0.534 bits per heavy atom. The van der Waals surface area contributed by atoms with Crippen molar-refractivity contribution >= 4 is 58.5 Å². The van der Waals surface area contributed by atoms with Crippen LogP contribution in [0.3, 0.4) is 0 Å². The third-order valence-corrected chi connectivity index (χ3v) is 19.2. The van der Waals surface area contributed by atoms with Gasteiger partial charge in [0, 0.05) is 141 Å². The van der Waals surface area contributed by atoms with Crippen molar-refractivity contribution in [1.29, 1.82) is 10.5 Å². The number of nitrogens with zero attached hydrogens (tertiary/aromatic N) is 16. The van der Waals surface area contributed by atoms with Gasteiger partial charge in [-0.05, 0) is 112 Å². The molecule has 2 aromatic carbocycles. The Morgan fingerprint density at radius 2 is 0.932 bits per heavy atom. The van der Waals surface area contributed by atoms with Gasteiger partial charge >= 0.3 is 0 Å². The molecule has 0 spiro atoms. The normalized spacial score (nSPS) is 22.9. The van der Waals surface area contributed by atoms with Crippen LogP contribution in [0.1, 0.15) is 112 Å². The molecule has 6 aliphatic heterocycles. The fourth-order valence-corrected chi connectivity index (χ4v) is 14.9. The minimum atomic E-state index is -0.275. The Kier molecular flexibility index (Phi) is 20.2. The van der Waals surface area contributed by atoms with Gasteiger partial charge in [-0.2, -0.15) is 20.5 Å². The number of para-hydroxylation sites is 2. The Balaban J connectivity index is 0.000000189. The highest BCUT2D eigenvalue weighted by molar-refractivity contribution is 5.88. The summed E-state index contributed by atoms with van der Waals surface area (Å²) in [5.74, 6) is 2.90. The summed E-state index contributed by atoms with van der Waals surface area (Å²) in [6.45, 7) is 18.2. The number of rotatable bonds is 12. The van der Waals surface area contributed by atoms with Crippen molar-refractivity contribution in [1.82, 2.24) is 39.5 Å². The van der Waals surface area contributed by atoms with Gasteiger partial charge in [0.15, 0.2) is 0 Å². The zero-order valence-corrected chi connectivity index (χ0v) is 52.8. The van der Waals surface area contributed by atoms with E-state index in [1.54, 1.807) is 47.8 Å². The molecule has 20 heteroatoms. The van der Waals surface area contributed by atoms with Gasteiger partial charge in [-0.25, -0.2) is 9.97 Å². The van der Waals surface area contributed by atoms with Crippen LogP contribution >= 0.6 is 0 Å². The molecule has 466 valence electrons. The van der Waals surface area contributed by atoms with Crippen LogP contribution in [0.4, 0.5) is 34.9 Å². The Bertz CT molecular complexity index is 3080. The van der Waals surface area contributed by atoms with Crippen LogP contribution in [-0.4, -0.2) is 193 Å². The van der Waals surface area contributed by atoms with E-state index >= 15 is 0 Å². The molecule has 4 saturated heterocycles. The van der Waals surface area contributed by atoms with Crippen molar-refractivity contribution in [2.24, 2.45) is 0 Å². The molecule has 6 atom stereocenters. The lowest BCUT2D eigenvalue weighted by molar-refractivity contribution is -0.130. The standard InChI is InChI=1S/2C33H42N8O2.C2H6/c2*1-4-30(42)40-20-19-38(22-25(40)15-16-34)31-26-14-13-24(39-17-7-10-23-9-5-6-11-28(23)39)21-27(26)35-33(36-31)41-18-8-12-29(41)32(43)37(2)3;1-2/h2*4-6,9,11,24-25,29H,1,7-8,10,12-15,17-22H2,2-3H3;1-2H3/t24-,25-,29+;24-,25-,29-;/m00./s1. The summed E-state index contributed by atoms with van der Waals surface area (Å²) in [5.41, 5.74) is 9.97. The van der Waals surface area contributed by atoms with E-state index < -0.39 is 0 Å². The summed E-state index contributed by atoms with van der Waals surface area (Å²) >= 11 is 0. The lowest BCUT2D eigenvalue weighted by atomic mass is 9.88. The molecule has 4 aromatic rings. The van der Waals surface area contributed by atoms with Crippen LogP contribution in [0.5, 0.6) is 0 Å². The summed E-state index contributed by atoms with van der Waals surface area (Å²) in [5, 5.41) is 19.1. The number of hydrogen-bond donors (Lipinski definition) is 0. The van der Waals surface area contributed by atoms with Crippen molar-refractivity contribution in [2.45, 2.75) is 153 Å². The van der Waals surface area contributed by atoms with Crippen LogP contribution in [0.25, 0.3) is 0 Å². The maximum absolute atomic E-state index is 13.2. The van der Waals surface area contributed by atoms with Crippen molar-refractivity contribution in [2.75, 3.05) is 123 Å². The summed E-state index contributed by atoms with van der Waals surface area (Å²) in [6.07, 6.45) is 16.5. The van der Waals surface area contributed by atoms with Gasteiger partial charge < -0.3 is 49.0 Å². The van der Waals surface area contributed by atoms with Crippen molar-refractivity contribution in [3.8, 4) is 12.1 Å². The molecule has 0 saturated carbocycles. The number of piperazine rings is 2. The molecule has 4 amide bonds. The van der Waals surface area contributed by atoms with Crippen LogP contribution in [0.2, 0.25) is 0 Å². The molecular formula is C68H90N16O4. The largest absolute Gasteiger partial charge is 0.368 e. The lowest BCUT2D eigenvalue weighted by Crippen LogP contribution is -2.55. The predicted octanol–water partition coefficient (Wildman–Crippen LogP) is 6.95. The molecule has 8 aliphatic rings. The molecule has 0 bridgehead atoms. The molecule has 2 aliphatic carbocycles. The average Bonchev–Trinajstić information content (AvgIpc) is 1.15. The monoisotopic (exact) mass is 1190 g/mol. The summed E-state index contributed by atoms with van der Waals surface area (Å²) in [7, 11) is 7.22. The highest BCUT2D eigenvalue weighted by atomic mass is 16.2. The van der Waals surface area contributed by atoms with Gasteiger partial charge in [0.05, 0.1) is 48.5 Å². The molecule has 2 aromatic heterocycles. The van der Waals surface area contributed by atoms with E-state index in [2.05, 4.69) is 103 Å². The molecule has 0 unspecified atom stereocenters. The van der Waals surface area contributed by atoms with E-state index in [1.165, 1.54) is 45.8 Å². The van der Waals surface area contributed by atoms with Crippen LogP contribution in [0, 0.1) is 22.7 Å². The molecule has 12 rings (SSSR count). The minimum absolute atomic E-state index is 0.0776. The van der Waals surface area contributed by atoms with Crippen LogP contribution in [-0.2, 0) is 57.7 Å². The van der Waals surface area contributed by atoms with Gasteiger partial charge in [0.1, 0.15) is 23.7 Å². The fraction of sp³-hybridized carbons (Fsp3) is 0.559. The maximum Gasteiger partial charge on any atom is 0.246 e. The summed E-state index contributed by atoms with van der Waals surface area (Å²) in [4.78, 5) is 93.0. The number of aromatic nitrogens is 4. The fourth-order valence-electron chi connectivity index (χ4n) is 14.9. The Labute approximate surface area is 521 Å². The van der Waals surface area contributed by atoms with E-state index in [1.807, 2.05) is 13.8 Å². The first-order chi connectivity index (χ1) is 42.8. The van der Waals surface area contributed by atoms with Gasteiger partial charge in [0.2, 0.25) is 35.5 Å². The lowest BCUT2D eigenvalue weighted by Gasteiger charge is -2.43. The number of aryl methyl sites for hydroxylation is 2. The van der Waals surface area contributed by atoms with Crippen molar-refractivity contribution in [3.05, 3.63) is 107 Å². The number of amides is 4. The summed E-state index contributed by atoms with van der Waals surface area (Å²) in [6, 6.07) is 21.7. The van der Waals surface area contributed by atoms with Gasteiger partial charge in [-0.1, -0.05) is 63.4 Å². The highest BCUT2D eigenvalue weighted by Gasteiger charge is 2.41. The smallest absolute Gasteiger partial charge is 0.246 e. The number of carbonyl (C=O) groups is 4. The Morgan fingerprint density at radius 3 is 1.32 bits per heavy atom. The zero-order chi connectivity index (χ0) is 62.2. The topological polar surface area (TPSA) is 200 Å². The predicted molar refractivity (Wildman–Crippen MR) is 346 cm³/mol. The van der Waals surface area contributed by atoms with E-state index in [9.17, 15) is 29.7 Å². The average molecular weight is 1200 g/mol. The number of benzene rings is 2. The number of nitriles is 2. The first kappa shape index (κ1) is 62.8. The molecule has 4 fully saturated rings. The highest BCUT2D eigenvalue weighted by Crippen LogP contribution is 2.41. The van der Waals surface area contributed by atoms with Gasteiger partial charge in [-0.15, -0.1) is 0 Å². The number of likely N-dealkylation sites (N-methyl/N-ethyl adjacent to an activating group) is 2. The van der Waals surface area contributed by atoms with Gasteiger partial charge in [0.25, 0.3) is 0 Å². The van der Waals surface area contributed by atoms with Crippen LogP contribution in [0.15, 0.2) is 73.8 Å². The number of carbonyl (C=O) groups excluding carboxylic acids is 4. The van der Waals surface area contributed by atoms with E-state index in [-0.39, 0.29) is 60.6 Å². The van der Waals surface area contributed by atoms with E-state index in [0.717, 1.165) is 139 Å². The molecule has 8 heterocycles. The zero-order valence-electron chi connectivity index (χ0n) is 52.8. The van der Waals surface area contributed by atoms with Crippen LogP contribution < -0.4 is 29.4 Å².